The highest BCUT2D eigenvalue weighted by Gasteiger charge is 2.12. The Hall–Kier alpha value is -1.36. The molecule has 2 atom stereocenters. The number of nitrogens with one attached hydrogen (secondary N) is 1. The predicted molar refractivity (Wildman–Crippen MR) is 86.1 cm³/mol. The van der Waals surface area contributed by atoms with Gasteiger partial charge in [-0.05, 0) is 37.5 Å². The monoisotopic (exact) mass is 355 g/mol. The zero-order valence-electron chi connectivity index (χ0n) is 12.4. The van der Waals surface area contributed by atoms with Crippen molar-refractivity contribution in [1.29, 1.82) is 0 Å². The largest absolute Gasteiger partial charge is 0.481 e. The third-order valence-corrected chi connectivity index (χ3v) is 3.85. The Labute approximate surface area is 134 Å². The molecule has 1 rings (SSSR count). The van der Waals surface area contributed by atoms with E-state index < -0.39 is 5.97 Å². The van der Waals surface area contributed by atoms with E-state index in [-0.39, 0.29) is 17.9 Å². The third kappa shape index (κ3) is 7.27. The summed E-state index contributed by atoms with van der Waals surface area (Å²) in [7, 11) is 0. The molecule has 0 saturated heterocycles. The van der Waals surface area contributed by atoms with Crippen molar-refractivity contribution in [2.24, 2.45) is 5.92 Å². The van der Waals surface area contributed by atoms with Crippen LogP contribution in [0, 0.1) is 5.92 Å². The van der Waals surface area contributed by atoms with Crippen molar-refractivity contribution >= 4 is 27.8 Å². The van der Waals surface area contributed by atoms with Crippen LogP contribution in [-0.4, -0.2) is 23.0 Å². The maximum Gasteiger partial charge on any atom is 0.306 e. The predicted octanol–water partition coefficient (Wildman–Crippen LogP) is 3.39. The Kier molecular flexibility index (Phi) is 7.43. The smallest absolute Gasteiger partial charge is 0.306 e. The summed E-state index contributed by atoms with van der Waals surface area (Å²) in [6.45, 7) is 3.66. The molecule has 116 valence electrons. The zero-order chi connectivity index (χ0) is 15.8. The van der Waals surface area contributed by atoms with Crippen LogP contribution in [0.25, 0.3) is 0 Å². The Bertz CT molecular complexity index is 490. The van der Waals surface area contributed by atoms with Crippen molar-refractivity contribution < 1.29 is 14.7 Å². The van der Waals surface area contributed by atoms with Gasteiger partial charge in [0, 0.05) is 10.5 Å². The molecule has 0 aliphatic rings. The average molecular weight is 356 g/mol. The van der Waals surface area contributed by atoms with E-state index in [4.69, 9.17) is 5.11 Å². The fourth-order valence-electron chi connectivity index (χ4n) is 2.08. The van der Waals surface area contributed by atoms with Crippen LogP contribution < -0.4 is 5.32 Å². The van der Waals surface area contributed by atoms with Crippen LogP contribution in [0.4, 0.5) is 0 Å². The van der Waals surface area contributed by atoms with Crippen LogP contribution in [0.5, 0.6) is 0 Å². The summed E-state index contributed by atoms with van der Waals surface area (Å²) in [5, 5.41) is 11.8. The van der Waals surface area contributed by atoms with Gasteiger partial charge in [-0.2, -0.15) is 0 Å². The second kappa shape index (κ2) is 8.82. The van der Waals surface area contributed by atoms with Crippen molar-refractivity contribution in [3.05, 3.63) is 34.3 Å². The molecule has 1 amide bonds. The minimum absolute atomic E-state index is 0.00752. The molecule has 0 aromatic heterocycles. The zero-order valence-corrected chi connectivity index (χ0v) is 14.0. The van der Waals surface area contributed by atoms with Gasteiger partial charge in [0.2, 0.25) is 5.91 Å². The number of amides is 1. The molecule has 0 fully saturated rings. The van der Waals surface area contributed by atoms with Crippen molar-refractivity contribution in [3.8, 4) is 0 Å². The van der Waals surface area contributed by atoms with Crippen LogP contribution in [0.2, 0.25) is 0 Å². The van der Waals surface area contributed by atoms with Gasteiger partial charge in [0.1, 0.15) is 0 Å². The summed E-state index contributed by atoms with van der Waals surface area (Å²) in [6.07, 6.45) is 2.59. The summed E-state index contributed by atoms with van der Waals surface area (Å²) < 4.78 is 0.962. The number of carbonyl (C=O) groups is 2. The lowest BCUT2D eigenvalue weighted by Crippen LogP contribution is -2.33. The van der Waals surface area contributed by atoms with Gasteiger partial charge >= 0.3 is 5.97 Å². The van der Waals surface area contributed by atoms with E-state index in [0.29, 0.717) is 12.8 Å². The van der Waals surface area contributed by atoms with Gasteiger partial charge in [-0.1, -0.05) is 41.4 Å². The first-order chi connectivity index (χ1) is 9.88. The van der Waals surface area contributed by atoms with Gasteiger partial charge < -0.3 is 10.4 Å². The Morgan fingerprint density at radius 1 is 1.29 bits per heavy atom. The molecule has 0 saturated carbocycles. The quantitative estimate of drug-likeness (QED) is 0.750. The lowest BCUT2D eigenvalue weighted by Gasteiger charge is -2.14. The Morgan fingerprint density at radius 2 is 2.00 bits per heavy atom. The fourth-order valence-corrected chi connectivity index (χ4v) is 2.53. The number of rotatable bonds is 8. The maximum absolute atomic E-state index is 11.9. The first kappa shape index (κ1) is 17.7. The van der Waals surface area contributed by atoms with Crippen LogP contribution in [-0.2, 0) is 16.0 Å². The molecular formula is C16H22BrNO3. The van der Waals surface area contributed by atoms with Gasteiger partial charge in [-0.3, -0.25) is 9.59 Å². The van der Waals surface area contributed by atoms with Crippen molar-refractivity contribution in [3.63, 3.8) is 0 Å². The lowest BCUT2D eigenvalue weighted by atomic mass is 10.0. The van der Waals surface area contributed by atoms with Gasteiger partial charge in [-0.25, -0.2) is 0 Å². The molecule has 0 bridgehead atoms. The summed E-state index contributed by atoms with van der Waals surface area (Å²) >= 11 is 3.38. The van der Waals surface area contributed by atoms with E-state index in [1.165, 1.54) is 0 Å². The molecule has 21 heavy (non-hydrogen) atoms. The minimum Gasteiger partial charge on any atom is -0.481 e. The van der Waals surface area contributed by atoms with Crippen LogP contribution in [0.3, 0.4) is 0 Å². The molecule has 1 aromatic carbocycles. The number of halogens is 1. The summed E-state index contributed by atoms with van der Waals surface area (Å²) in [5.74, 6) is -1.09. The second-order valence-corrected chi connectivity index (χ2v) is 6.36. The molecule has 0 heterocycles. The molecule has 2 N–H and O–H groups in total. The molecule has 1 aromatic rings. The highest BCUT2D eigenvalue weighted by molar-refractivity contribution is 9.10. The number of aliphatic carboxylic acids is 1. The highest BCUT2D eigenvalue weighted by atomic mass is 79.9. The third-order valence-electron chi connectivity index (χ3n) is 3.36. The van der Waals surface area contributed by atoms with Crippen LogP contribution in [0.15, 0.2) is 28.7 Å². The number of carbonyl (C=O) groups excluding carboxylic acids is 1. The number of hydrogen-bond acceptors (Lipinski definition) is 2. The van der Waals surface area contributed by atoms with E-state index in [2.05, 4.69) is 21.2 Å². The van der Waals surface area contributed by atoms with Crippen molar-refractivity contribution in [1.82, 2.24) is 5.32 Å². The molecule has 0 aliphatic carbocycles. The van der Waals surface area contributed by atoms with Gasteiger partial charge in [-0.15, -0.1) is 0 Å². The van der Waals surface area contributed by atoms with E-state index in [9.17, 15) is 9.59 Å². The molecule has 0 radical (unpaired) electrons. The molecule has 5 heteroatoms. The highest BCUT2D eigenvalue weighted by Crippen LogP contribution is 2.13. The number of hydrogen-bond donors (Lipinski definition) is 2. The van der Waals surface area contributed by atoms with Crippen molar-refractivity contribution in [2.45, 2.75) is 45.6 Å². The molecule has 0 aliphatic heterocycles. The van der Waals surface area contributed by atoms with Gasteiger partial charge in [0.25, 0.3) is 0 Å². The standard InChI is InChI=1S/C16H22BrNO3/c1-11(16(20)21)5-3-6-12(2)18-15(19)10-13-7-4-8-14(17)9-13/h4,7-9,11-12H,3,5-6,10H2,1-2H3,(H,18,19)(H,20,21). The number of carboxylic acids is 1. The van der Waals surface area contributed by atoms with E-state index in [0.717, 1.165) is 22.9 Å². The van der Waals surface area contributed by atoms with Gasteiger partial charge in [0.05, 0.1) is 12.3 Å². The summed E-state index contributed by atoms with van der Waals surface area (Å²) in [5.41, 5.74) is 0.966. The lowest BCUT2D eigenvalue weighted by molar-refractivity contribution is -0.141. The van der Waals surface area contributed by atoms with Crippen LogP contribution >= 0.6 is 15.9 Å². The average Bonchev–Trinajstić information content (AvgIpc) is 2.37. The molecule has 0 spiro atoms. The minimum atomic E-state index is -0.763. The topological polar surface area (TPSA) is 66.4 Å². The fraction of sp³-hybridized carbons (Fsp3) is 0.500. The van der Waals surface area contributed by atoms with Gasteiger partial charge in [0.15, 0.2) is 0 Å². The normalized spacial score (nSPS) is 13.5. The van der Waals surface area contributed by atoms with E-state index in [1.54, 1.807) is 6.92 Å². The summed E-state index contributed by atoms with van der Waals surface area (Å²) in [4.78, 5) is 22.6. The number of benzene rings is 1. The maximum atomic E-state index is 11.9. The molecule has 4 nitrogen and oxygen atoms in total. The number of carboxylic acid groups (broad SMARTS) is 1. The first-order valence-electron chi connectivity index (χ1n) is 7.15. The van der Waals surface area contributed by atoms with Crippen molar-refractivity contribution in [2.75, 3.05) is 0 Å². The van der Waals surface area contributed by atoms with E-state index in [1.807, 2.05) is 31.2 Å². The Morgan fingerprint density at radius 3 is 2.62 bits per heavy atom. The molecular weight excluding hydrogens is 334 g/mol. The Balaban J connectivity index is 2.29. The van der Waals surface area contributed by atoms with E-state index >= 15 is 0 Å². The second-order valence-electron chi connectivity index (χ2n) is 5.45. The first-order valence-corrected chi connectivity index (χ1v) is 7.94. The van der Waals surface area contributed by atoms with Crippen LogP contribution in [0.1, 0.15) is 38.7 Å². The summed E-state index contributed by atoms with van der Waals surface area (Å²) in [6, 6.07) is 7.74. The molecule has 2 unspecified atom stereocenters. The SMILES string of the molecule is CC(CCCC(C)C(=O)O)NC(=O)Cc1cccc(Br)c1.